The lowest BCUT2D eigenvalue weighted by Gasteiger charge is -2.25. The molecule has 9 nitrogen and oxygen atoms in total. The van der Waals surface area contributed by atoms with Gasteiger partial charge in [0.2, 0.25) is 0 Å². The highest BCUT2D eigenvalue weighted by molar-refractivity contribution is 5.70. The number of rotatable bonds is 8. The largest absolute Gasteiger partial charge is 0.394 e. The lowest BCUT2D eigenvalue weighted by atomic mass is 9.98. The zero-order valence-electron chi connectivity index (χ0n) is 17.4. The van der Waals surface area contributed by atoms with Crippen LogP contribution in [0, 0.1) is 0 Å². The van der Waals surface area contributed by atoms with Gasteiger partial charge in [0.1, 0.15) is 5.82 Å². The first kappa shape index (κ1) is 20.1. The van der Waals surface area contributed by atoms with Crippen molar-refractivity contribution in [2.75, 3.05) is 13.2 Å². The molecular weight excluding hydrogens is 382 g/mol. The van der Waals surface area contributed by atoms with Crippen molar-refractivity contribution < 1.29 is 9.84 Å². The number of fused-ring (bicyclic) bond motifs is 1. The van der Waals surface area contributed by atoms with Crippen LogP contribution in [-0.4, -0.2) is 53.1 Å². The minimum atomic E-state index is -0.496. The maximum absolute atomic E-state index is 9.02. The molecule has 3 heterocycles. The van der Waals surface area contributed by atoms with E-state index in [0.717, 1.165) is 23.4 Å². The highest BCUT2D eigenvalue weighted by Gasteiger charge is 2.21. The molecular formula is C21H25N7O2. The van der Waals surface area contributed by atoms with Gasteiger partial charge in [0, 0.05) is 19.2 Å². The number of aromatic nitrogens is 7. The van der Waals surface area contributed by atoms with Crippen molar-refractivity contribution in [3.63, 3.8) is 0 Å². The highest BCUT2D eigenvalue weighted by Crippen LogP contribution is 2.26. The molecule has 30 heavy (non-hydrogen) atoms. The van der Waals surface area contributed by atoms with Crippen molar-refractivity contribution in [3.8, 4) is 5.69 Å². The van der Waals surface area contributed by atoms with Crippen LogP contribution in [0.2, 0.25) is 0 Å². The molecule has 1 N–H and O–H groups in total. The fourth-order valence-electron chi connectivity index (χ4n) is 3.26. The summed E-state index contributed by atoms with van der Waals surface area (Å²) in [4.78, 5) is 9.11. The predicted molar refractivity (Wildman–Crippen MR) is 111 cm³/mol. The third kappa shape index (κ3) is 4.07. The minimum absolute atomic E-state index is 0.00622. The van der Waals surface area contributed by atoms with E-state index >= 15 is 0 Å². The number of aliphatic hydroxyl groups is 1. The van der Waals surface area contributed by atoms with Gasteiger partial charge in [0.25, 0.3) is 0 Å². The lowest BCUT2D eigenvalue weighted by molar-refractivity contribution is -0.0369. The second-order valence-corrected chi connectivity index (χ2v) is 7.51. The molecule has 0 fully saturated rings. The van der Waals surface area contributed by atoms with E-state index in [2.05, 4.69) is 27.3 Å². The van der Waals surface area contributed by atoms with E-state index < -0.39 is 5.60 Å². The molecule has 0 spiro atoms. The lowest BCUT2D eigenvalue weighted by Crippen LogP contribution is -2.23. The molecule has 1 aromatic carbocycles. The molecule has 0 saturated carbocycles. The number of aliphatic hydroxyl groups excluding tert-OH is 1. The van der Waals surface area contributed by atoms with Crippen LogP contribution in [0.4, 0.5) is 0 Å². The van der Waals surface area contributed by atoms with Gasteiger partial charge in [-0.2, -0.15) is 9.78 Å². The summed E-state index contributed by atoms with van der Waals surface area (Å²) in [6.07, 6.45) is 6.14. The zero-order valence-corrected chi connectivity index (χ0v) is 17.4. The average Bonchev–Trinajstić information content (AvgIpc) is 3.39. The van der Waals surface area contributed by atoms with Crippen LogP contribution >= 0.6 is 0 Å². The van der Waals surface area contributed by atoms with Gasteiger partial charge in [0.05, 0.1) is 36.9 Å². The standard InChI is InChI=1S/C21H25N7O2/c1-4-27-14-15(12-23-27)11-19-22-13-18-20(24-19)28(26-25-18)17-7-5-16(6-8-17)21(2,3)30-10-9-29/h5-8,12-14,29H,4,9-11H2,1-3H3. The summed E-state index contributed by atoms with van der Waals surface area (Å²) in [5.74, 6) is 0.692. The summed E-state index contributed by atoms with van der Waals surface area (Å²) in [5.41, 5.74) is 3.72. The fraction of sp³-hybridized carbons (Fsp3) is 0.381. The van der Waals surface area contributed by atoms with Gasteiger partial charge in [-0.3, -0.25) is 4.68 Å². The van der Waals surface area contributed by atoms with Crippen LogP contribution in [0.15, 0.2) is 42.9 Å². The first-order valence-electron chi connectivity index (χ1n) is 9.94. The summed E-state index contributed by atoms with van der Waals surface area (Å²) in [7, 11) is 0. The summed E-state index contributed by atoms with van der Waals surface area (Å²) in [6, 6.07) is 7.89. The Hall–Kier alpha value is -3.17. The Labute approximate surface area is 174 Å². The molecule has 3 aromatic heterocycles. The topological polar surface area (TPSA) is 104 Å². The Morgan fingerprint density at radius 3 is 2.63 bits per heavy atom. The minimum Gasteiger partial charge on any atom is -0.394 e. The first-order chi connectivity index (χ1) is 14.5. The van der Waals surface area contributed by atoms with Crippen molar-refractivity contribution in [2.45, 2.75) is 39.3 Å². The van der Waals surface area contributed by atoms with Crippen molar-refractivity contribution >= 4 is 11.2 Å². The van der Waals surface area contributed by atoms with Crippen LogP contribution in [-0.2, 0) is 23.3 Å². The molecule has 0 radical (unpaired) electrons. The van der Waals surface area contributed by atoms with E-state index in [1.807, 2.05) is 55.2 Å². The Morgan fingerprint density at radius 1 is 1.13 bits per heavy atom. The van der Waals surface area contributed by atoms with Crippen molar-refractivity contribution in [3.05, 3.63) is 59.8 Å². The Bertz CT molecular complexity index is 1130. The van der Waals surface area contributed by atoms with Crippen molar-refractivity contribution in [1.29, 1.82) is 0 Å². The van der Waals surface area contributed by atoms with Crippen LogP contribution in [0.1, 0.15) is 37.7 Å². The van der Waals surface area contributed by atoms with Gasteiger partial charge in [-0.25, -0.2) is 9.97 Å². The SMILES string of the molecule is CCn1cc(Cc2ncc3nnn(-c4ccc(C(C)(C)OCCO)cc4)c3n2)cn1. The number of hydrogen-bond acceptors (Lipinski definition) is 7. The average molecular weight is 407 g/mol. The third-order valence-electron chi connectivity index (χ3n) is 4.98. The van der Waals surface area contributed by atoms with E-state index in [4.69, 9.17) is 14.8 Å². The highest BCUT2D eigenvalue weighted by atomic mass is 16.5. The number of hydrogen-bond donors (Lipinski definition) is 1. The van der Waals surface area contributed by atoms with Crippen LogP contribution in [0.25, 0.3) is 16.9 Å². The molecule has 4 rings (SSSR count). The van der Waals surface area contributed by atoms with E-state index in [1.54, 1.807) is 10.9 Å². The quantitative estimate of drug-likeness (QED) is 0.478. The molecule has 156 valence electrons. The van der Waals surface area contributed by atoms with Gasteiger partial charge >= 0.3 is 0 Å². The first-order valence-corrected chi connectivity index (χ1v) is 9.94. The molecule has 0 amide bonds. The van der Waals surface area contributed by atoms with Gasteiger partial charge in [-0.1, -0.05) is 17.3 Å². The maximum Gasteiger partial charge on any atom is 0.187 e. The predicted octanol–water partition coefficient (Wildman–Crippen LogP) is 2.26. The van der Waals surface area contributed by atoms with Gasteiger partial charge in [0.15, 0.2) is 11.2 Å². The Morgan fingerprint density at radius 2 is 1.93 bits per heavy atom. The number of benzene rings is 1. The second-order valence-electron chi connectivity index (χ2n) is 7.51. The molecule has 0 unspecified atom stereocenters. The molecule has 0 aliphatic carbocycles. The van der Waals surface area contributed by atoms with Crippen LogP contribution < -0.4 is 0 Å². The van der Waals surface area contributed by atoms with Gasteiger partial charge in [-0.05, 0) is 44.0 Å². The van der Waals surface area contributed by atoms with E-state index in [0.29, 0.717) is 30.0 Å². The van der Waals surface area contributed by atoms with Gasteiger partial charge < -0.3 is 9.84 Å². The maximum atomic E-state index is 9.02. The van der Waals surface area contributed by atoms with E-state index in [-0.39, 0.29) is 6.61 Å². The van der Waals surface area contributed by atoms with E-state index in [9.17, 15) is 0 Å². The van der Waals surface area contributed by atoms with Crippen molar-refractivity contribution in [2.24, 2.45) is 0 Å². The second kappa shape index (κ2) is 8.29. The molecule has 0 aliphatic heterocycles. The van der Waals surface area contributed by atoms with Crippen molar-refractivity contribution in [1.82, 2.24) is 34.7 Å². The van der Waals surface area contributed by atoms with E-state index in [1.165, 1.54) is 0 Å². The smallest absolute Gasteiger partial charge is 0.187 e. The molecule has 0 aliphatic rings. The summed E-state index contributed by atoms with van der Waals surface area (Å²) in [5, 5.41) is 21.8. The summed E-state index contributed by atoms with van der Waals surface area (Å²) in [6.45, 7) is 7.11. The monoisotopic (exact) mass is 407 g/mol. The fourth-order valence-corrected chi connectivity index (χ4v) is 3.26. The molecule has 0 atom stereocenters. The number of ether oxygens (including phenoxy) is 1. The molecule has 0 bridgehead atoms. The molecule has 9 heteroatoms. The normalized spacial score (nSPS) is 12.0. The Balaban J connectivity index is 1.61. The Kier molecular flexibility index (Phi) is 5.56. The molecule has 0 saturated heterocycles. The van der Waals surface area contributed by atoms with Gasteiger partial charge in [-0.15, -0.1) is 5.10 Å². The zero-order chi connectivity index (χ0) is 21.1. The summed E-state index contributed by atoms with van der Waals surface area (Å²) < 4.78 is 9.33. The molecule has 4 aromatic rings. The number of aryl methyl sites for hydroxylation is 1. The number of nitrogens with zero attached hydrogens (tertiary/aromatic N) is 7. The van der Waals surface area contributed by atoms with Crippen LogP contribution in [0.5, 0.6) is 0 Å². The third-order valence-corrected chi connectivity index (χ3v) is 4.98. The summed E-state index contributed by atoms with van der Waals surface area (Å²) >= 11 is 0. The van der Waals surface area contributed by atoms with Crippen LogP contribution in [0.3, 0.4) is 0 Å².